The summed E-state index contributed by atoms with van der Waals surface area (Å²) in [7, 11) is 0. The number of pyridine rings is 1. The minimum absolute atomic E-state index is 0.0632. The number of carboxylic acids is 1. The highest BCUT2D eigenvalue weighted by molar-refractivity contribution is 6.05. The summed E-state index contributed by atoms with van der Waals surface area (Å²) in [5.74, 6) is -1.05. The van der Waals surface area contributed by atoms with E-state index in [2.05, 4.69) is 4.98 Å². The summed E-state index contributed by atoms with van der Waals surface area (Å²) in [6, 6.07) is 11.2. The lowest BCUT2D eigenvalue weighted by Gasteiger charge is -2.10. The summed E-state index contributed by atoms with van der Waals surface area (Å²) in [6.45, 7) is 3.76. The van der Waals surface area contributed by atoms with Crippen molar-refractivity contribution in [1.82, 2.24) is 4.98 Å². The number of aromatic nitrogens is 1. The molecule has 120 valence electrons. The lowest BCUT2D eigenvalue weighted by atomic mass is 9.99. The number of nitro benzene ring substituents is 1. The summed E-state index contributed by atoms with van der Waals surface area (Å²) >= 11 is 0. The molecule has 1 aromatic heterocycles. The van der Waals surface area contributed by atoms with Crippen molar-refractivity contribution in [1.29, 1.82) is 0 Å². The van der Waals surface area contributed by atoms with E-state index in [9.17, 15) is 20.0 Å². The van der Waals surface area contributed by atoms with Gasteiger partial charge in [-0.15, -0.1) is 0 Å². The van der Waals surface area contributed by atoms with Gasteiger partial charge in [0.05, 0.1) is 21.7 Å². The van der Waals surface area contributed by atoms with Crippen LogP contribution in [0.5, 0.6) is 0 Å². The van der Waals surface area contributed by atoms with E-state index in [-0.39, 0.29) is 11.3 Å². The summed E-state index contributed by atoms with van der Waals surface area (Å²) in [4.78, 5) is 26.7. The van der Waals surface area contributed by atoms with Crippen molar-refractivity contribution < 1.29 is 14.8 Å². The van der Waals surface area contributed by atoms with Crippen LogP contribution in [0.4, 0.5) is 5.69 Å². The Bertz CT molecular complexity index is 996. The van der Waals surface area contributed by atoms with Gasteiger partial charge in [-0.1, -0.05) is 18.2 Å². The maximum atomic E-state index is 11.7. The third-order valence-corrected chi connectivity index (χ3v) is 3.83. The molecule has 3 aromatic rings. The fraction of sp³-hybridized carbons (Fsp3) is 0.111. The number of benzene rings is 2. The standard InChI is InChI=1S/C18H14N2O4/c1-10-6-11(2)17-14(18(21)22)9-15(19-16(17)7-10)12-4-3-5-13(8-12)20(23)24/h3-9H,1-2H3,(H,21,22). The maximum absolute atomic E-state index is 11.7. The van der Waals surface area contributed by atoms with E-state index in [1.807, 2.05) is 26.0 Å². The number of nitrogens with zero attached hydrogens (tertiary/aromatic N) is 2. The zero-order chi connectivity index (χ0) is 17.4. The first-order chi connectivity index (χ1) is 11.4. The molecule has 0 amide bonds. The molecule has 0 aliphatic carbocycles. The van der Waals surface area contributed by atoms with Crippen LogP contribution in [0.1, 0.15) is 21.5 Å². The Morgan fingerprint density at radius 3 is 2.58 bits per heavy atom. The Labute approximate surface area is 137 Å². The van der Waals surface area contributed by atoms with E-state index >= 15 is 0 Å². The summed E-state index contributed by atoms with van der Waals surface area (Å²) in [5.41, 5.74) is 3.35. The molecule has 0 fully saturated rings. The number of rotatable bonds is 3. The highest BCUT2D eigenvalue weighted by Crippen LogP contribution is 2.29. The van der Waals surface area contributed by atoms with E-state index in [1.165, 1.54) is 18.2 Å². The number of nitro groups is 1. The molecular weight excluding hydrogens is 308 g/mol. The van der Waals surface area contributed by atoms with E-state index < -0.39 is 10.9 Å². The zero-order valence-corrected chi connectivity index (χ0v) is 13.1. The summed E-state index contributed by atoms with van der Waals surface area (Å²) in [6.07, 6.45) is 0. The minimum Gasteiger partial charge on any atom is -0.478 e. The van der Waals surface area contributed by atoms with Gasteiger partial charge in [0.2, 0.25) is 0 Å². The number of carbonyl (C=O) groups is 1. The fourth-order valence-corrected chi connectivity index (χ4v) is 2.85. The molecule has 0 radical (unpaired) electrons. The molecule has 0 saturated carbocycles. The topological polar surface area (TPSA) is 93.3 Å². The number of carboxylic acid groups (broad SMARTS) is 1. The monoisotopic (exact) mass is 322 g/mol. The largest absolute Gasteiger partial charge is 0.478 e. The molecule has 6 nitrogen and oxygen atoms in total. The Morgan fingerprint density at radius 1 is 1.17 bits per heavy atom. The van der Waals surface area contributed by atoms with Crippen molar-refractivity contribution in [3.05, 3.63) is 69.3 Å². The highest BCUT2D eigenvalue weighted by atomic mass is 16.6. The lowest BCUT2D eigenvalue weighted by Crippen LogP contribution is -2.02. The number of aromatic carboxylic acids is 1. The van der Waals surface area contributed by atoms with Crippen molar-refractivity contribution in [2.75, 3.05) is 0 Å². The number of non-ortho nitro benzene ring substituents is 1. The molecule has 0 aliphatic rings. The molecule has 0 atom stereocenters. The van der Waals surface area contributed by atoms with Crippen LogP contribution in [0, 0.1) is 24.0 Å². The molecule has 0 spiro atoms. The molecule has 1 N–H and O–H groups in total. The lowest BCUT2D eigenvalue weighted by molar-refractivity contribution is -0.384. The van der Waals surface area contributed by atoms with E-state index in [0.29, 0.717) is 22.2 Å². The first-order valence-electron chi connectivity index (χ1n) is 7.27. The van der Waals surface area contributed by atoms with Crippen LogP contribution in [0.15, 0.2) is 42.5 Å². The molecule has 0 bridgehead atoms. The second kappa shape index (κ2) is 5.73. The van der Waals surface area contributed by atoms with Crippen LogP contribution in [-0.4, -0.2) is 21.0 Å². The third kappa shape index (κ3) is 2.69. The normalized spacial score (nSPS) is 10.8. The molecule has 3 rings (SSSR count). The number of fused-ring (bicyclic) bond motifs is 1. The summed E-state index contributed by atoms with van der Waals surface area (Å²) < 4.78 is 0. The van der Waals surface area contributed by atoms with Gasteiger partial charge in [-0.05, 0) is 37.1 Å². The van der Waals surface area contributed by atoms with Crippen molar-refractivity contribution >= 4 is 22.6 Å². The average Bonchev–Trinajstić information content (AvgIpc) is 2.53. The smallest absolute Gasteiger partial charge is 0.336 e. The maximum Gasteiger partial charge on any atom is 0.336 e. The van der Waals surface area contributed by atoms with Gasteiger partial charge < -0.3 is 5.11 Å². The summed E-state index contributed by atoms with van der Waals surface area (Å²) in [5, 5.41) is 21.1. The Kier molecular flexibility index (Phi) is 3.73. The Hall–Kier alpha value is -3.28. The molecule has 6 heteroatoms. The van der Waals surface area contributed by atoms with Gasteiger partial charge in [0.25, 0.3) is 5.69 Å². The van der Waals surface area contributed by atoms with E-state index in [0.717, 1.165) is 11.1 Å². The van der Waals surface area contributed by atoms with Crippen LogP contribution in [-0.2, 0) is 0 Å². The van der Waals surface area contributed by atoms with Crippen LogP contribution in [0.3, 0.4) is 0 Å². The molecule has 0 saturated heterocycles. The molecule has 24 heavy (non-hydrogen) atoms. The second-order valence-corrected chi connectivity index (χ2v) is 5.64. The van der Waals surface area contributed by atoms with E-state index in [1.54, 1.807) is 12.1 Å². The van der Waals surface area contributed by atoms with Gasteiger partial charge in [0.1, 0.15) is 0 Å². The second-order valence-electron chi connectivity index (χ2n) is 5.64. The van der Waals surface area contributed by atoms with Gasteiger partial charge in [-0.2, -0.15) is 0 Å². The number of aryl methyl sites for hydroxylation is 2. The quantitative estimate of drug-likeness (QED) is 0.578. The Balaban J connectivity index is 2.32. The van der Waals surface area contributed by atoms with Gasteiger partial charge >= 0.3 is 5.97 Å². The van der Waals surface area contributed by atoms with E-state index in [4.69, 9.17) is 0 Å². The minimum atomic E-state index is -1.05. The SMILES string of the molecule is Cc1cc(C)c2c(C(=O)O)cc(-c3cccc([N+](=O)[O-])c3)nc2c1. The molecular formula is C18H14N2O4. The number of hydrogen-bond donors (Lipinski definition) is 1. The van der Waals surface area contributed by atoms with Gasteiger partial charge in [-0.25, -0.2) is 9.78 Å². The first-order valence-corrected chi connectivity index (χ1v) is 7.27. The number of hydrogen-bond acceptors (Lipinski definition) is 4. The van der Waals surface area contributed by atoms with Crippen molar-refractivity contribution in [2.45, 2.75) is 13.8 Å². The molecule has 2 aromatic carbocycles. The van der Waals surface area contributed by atoms with Gasteiger partial charge in [0.15, 0.2) is 0 Å². The van der Waals surface area contributed by atoms with Crippen molar-refractivity contribution in [3.8, 4) is 11.3 Å². The Morgan fingerprint density at radius 2 is 1.92 bits per heavy atom. The van der Waals surface area contributed by atoms with Gasteiger partial charge in [-0.3, -0.25) is 10.1 Å². The molecule has 0 unspecified atom stereocenters. The fourth-order valence-electron chi connectivity index (χ4n) is 2.85. The predicted molar refractivity (Wildman–Crippen MR) is 90.3 cm³/mol. The van der Waals surface area contributed by atoms with Crippen LogP contribution < -0.4 is 0 Å². The molecule has 0 aliphatic heterocycles. The van der Waals surface area contributed by atoms with Gasteiger partial charge in [0, 0.05) is 23.1 Å². The highest BCUT2D eigenvalue weighted by Gasteiger charge is 2.16. The first kappa shape index (κ1) is 15.6. The third-order valence-electron chi connectivity index (χ3n) is 3.83. The predicted octanol–water partition coefficient (Wildman–Crippen LogP) is 4.13. The van der Waals surface area contributed by atoms with Crippen molar-refractivity contribution in [2.24, 2.45) is 0 Å². The van der Waals surface area contributed by atoms with Crippen LogP contribution in [0.25, 0.3) is 22.2 Å². The average molecular weight is 322 g/mol. The van der Waals surface area contributed by atoms with Crippen LogP contribution in [0.2, 0.25) is 0 Å². The molecule has 1 heterocycles. The van der Waals surface area contributed by atoms with Crippen molar-refractivity contribution in [3.63, 3.8) is 0 Å². The van der Waals surface area contributed by atoms with Crippen LogP contribution >= 0.6 is 0 Å². The zero-order valence-electron chi connectivity index (χ0n) is 13.1.